The third-order valence-electron chi connectivity index (χ3n) is 3.32. The lowest BCUT2D eigenvalue weighted by atomic mass is 10.2. The Labute approximate surface area is 128 Å². The highest BCUT2D eigenvalue weighted by molar-refractivity contribution is 7.18. The van der Waals surface area contributed by atoms with E-state index in [2.05, 4.69) is 40.6 Å². The molecule has 0 bridgehead atoms. The number of thiazole rings is 1. The standard InChI is InChI=1S/C17H18N2OS/c1-20-14-6-4-5-13(11-14)12-18-10-9-17-19-15-7-2-3-8-16(15)21-17/h2-8,11,18H,9-10,12H2,1H3. The first-order chi connectivity index (χ1) is 10.3. The number of ether oxygens (including phenoxy) is 1. The highest BCUT2D eigenvalue weighted by Crippen LogP contribution is 2.21. The van der Waals surface area contributed by atoms with Crippen LogP contribution in [0.3, 0.4) is 0 Å². The molecule has 1 N–H and O–H groups in total. The van der Waals surface area contributed by atoms with Crippen LogP contribution >= 0.6 is 11.3 Å². The van der Waals surface area contributed by atoms with Crippen LogP contribution in [0.1, 0.15) is 10.6 Å². The van der Waals surface area contributed by atoms with E-state index in [1.54, 1.807) is 18.4 Å². The topological polar surface area (TPSA) is 34.1 Å². The zero-order valence-electron chi connectivity index (χ0n) is 12.0. The molecule has 0 aliphatic heterocycles. The van der Waals surface area contributed by atoms with Gasteiger partial charge in [0.05, 0.1) is 22.3 Å². The summed E-state index contributed by atoms with van der Waals surface area (Å²) in [5.74, 6) is 0.903. The van der Waals surface area contributed by atoms with Crippen LogP contribution < -0.4 is 10.1 Å². The second-order valence-electron chi connectivity index (χ2n) is 4.85. The van der Waals surface area contributed by atoms with E-state index < -0.39 is 0 Å². The summed E-state index contributed by atoms with van der Waals surface area (Å²) < 4.78 is 6.49. The molecule has 0 saturated carbocycles. The zero-order chi connectivity index (χ0) is 14.5. The molecule has 0 atom stereocenters. The molecule has 0 aliphatic rings. The van der Waals surface area contributed by atoms with Crippen LogP contribution in [0, 0.1) is 0 Å². The number of nitrogens with one attached hydrogen (secondary N) is 1. The maximum Gasteiger partial charge on any atom is 0.119 e. The third kappa shape index (κ3) is 3.60. The van der Waals surface area contributed by atoms with Gasteiger partial charge < -0.3 is 10.1 Å². The number of hydrogen-bond acceptors (Lipinski definition) is 4. The minimum atomic E-state index is 0.849. The maximum absolute atomic E-state index is 5.23. The Morgan fingerprint density at radius 2 is 2.05 bits per heavy atom. The van der Waals surface area contributed by atoms with Crippen molar-refractivity contribution in [2.45, 2.75) is 13.0 Å². The molecule has 0 radical (unpaired) electrons. The summed E-state index contributed by atoms with van der Waals surface area (Å²) in [7, 11) is 1.69. The van der Waals surface area contributed by atoms with Crippen molar-refractivity contribution in [1.29, 1.82) is 0 Å². The van der Waals surface area contributed by atoms with E-state index in [0.717, 1.165) is 30.8 Å². The number of para-hydroxylation sites is 1. The number of aromatic nitrogens is 1. The molecular weight excluding hydrogens is 280 g/mol. The van der Waals surface area contributed by atoms with E-state index >= 15 is 0 Å². The van der Waals surface area contributed by atoms with Crippen molar-refractivity contribution in [2.75, 3.05) is 13.7 Å². The lowest BCUT2D eigenvalue weighted by Gasteiger charge is -2.05. The van der Waals surface area contributed by atoms with E-state index in [4.69, 9.17) is 4.74 Å². The first-order valence-corrected chi connectivity index (χ1v) is 7.85. The summed E-state index contributed by atoms with van der Waals surface area (Å²) in [6, 6.07) is 16.4. The number of methoxy groups -OCH3 is 1. The molecule has 3 aromatic rings. The van der Waals surface area contributed by atoms with Crippen molar-refractivity contribution in [3.8, 4) is 5.75 Å². The summed E-state index contributed by atoms with van der Waals surface area (Å²) in [5, 5.41) is 4.65. The Kier molecular flexibility index (Phi) is 4.48. The van der Waals surface area contributed by atoms with Gasteiger partial charge in [-0.1, -0.05) is 24.3 Å². The van der Waals surface area contributed by atoms with Crippen molar-refractivity contribution in [2.24, 2.45) is 0 Å². The fourth-order valence-corrected chi connectivity index (χ4v) is 3.20. The number of rotatable bonds is 6. The molecule has 3 nitrogen and oxygen atoms in total. The van der Waals surface area contributed by atoms with Crippen LogP contribution in [0.2, 0.25) is 0 Å². The average Bonchev–Trinajstić information content (AvgIpc) is 2.94. The van der Waals surface area contributed by atoms with Crippen molar-refractivity contribution in [3.05, 3.63) is 59.1 Å². The lowest BCUT2D eigenvalue weighted by molar-refractivity contribution is 0.414. The van der Waals surface area contributed by atoms with Crippen LogP contribution in [0.5, 0.6) is 5.75 Å². The van der Waals surface area contributed by atoms with Gasteiger partial charge in [0.25, 0.3) is 0 Å². The van der Waals surface area contributed by atoms with Crippen LogP contribution in [0.15, 0.2) is 48.5 Å². The van der Waals surface area contributed by atoms with Crippen molar-refractivity contribution >= 4 is 21.6 Å². The Bertz CT molecular complexity index is 690. The second kappa shape index (κ2) is 6.70. The molecule has 2 aromatic carbocycles. The molecule has 0 spiro atoms. The van der Waals surface area contributed by atoms with Gasteiger partial charge in [0, 0.05) is 19.5 Å². The zero-order valence-corrected chi connectivity index (χ0v) is 12.8. The highest BCUT2D eigenvalue weighted by Gasteiger charge is 2.02. The van der Waals surface area contributed by atoms with E-state index in [0.29, 0.717) is 0 Å². The Balaban J connectivity index is 1.51. The van der Waals surface area contributed by atoms with Crippen LogP contribution in [-0.2, 0) is 13.0 Å². The van der Waals surface area contributed by atoms with Crippen LogP contribution in [0.25, 0.3) is 10.2 Å². The van der Waals surface area contributed by atoms with E-state index in [9.17, 15) is 0 Å². The molecule has 108 valence electrons. The molecule has 3 rings (SSSR count). The molecule has 1 heterocycles. The van der Waals surface area contributed by atoms with Gasteiger partial charge in [-0.3, -0.25) is 0 Å². The van der Waals surface area contributed by atoms with Crippen LogP contribution in [0.4, 0.5) is 0 Å². The summed E-state index contributed by atoms with van der Waals surface area (Å²) in [4.78, 5) is 4.64. The first kappa shape index (κ1) is 14.0. The SMILES string of the molecule is COc1cccc(CNCCc2nc3ccccc3s2)c1. The Hall–Kier alpha value is -1.91. The molecular formula is C17H18N2OS. The van der Waals surface area contributed by atoms with Crippen molar-refractivity contribution < 1.29 is 4.74 Å². The monoisotopic (exact) mass is 298 g/mol. The Morgan fingerprint density at radius 1 is 1.14 bits per heavy atom. The fourth-order valence-electron chi connectivity index (χ4n) is 2.24. The molecule has 4 heteroatoms. The number of fused-ring (bicyclic) bond motifs is 1. The van der Waals surface area contributed by atoms with Gasteiger partial charge in [-0.25, -0.2) is 4.98 Å². The summed E-state index contributed by atoms with van der Waals surface area (Å²) in [6.45, 7) is 1.78. The number of nitrogens with zero attached hydrogens (tertiary/aromatic N) is 1. The van der Waals surface area contributed by atoms with Gasteiger partial charge in [-0.05, 0) is 29.8 Å². The fraction of sp³-hybridized carbons (Fsp3) is 0.235. The van der Waals surface area contributed by atoms with Gasteiger partial charge in [0.1, 0.15) is 5.75 Å². The average molecular weight is 298 g/mol. The van der Waals surface area contributed by atoms with Crippen molar-refractivity contribution in [3.63, 3.8) is 0 Å². The molecule has 21 heavy (non-hydrogen) atoms. The molecule has 0 aliphatic carbocycles. The third-order valence-corrected chi connectivity index (χ3v) is 4.41. The largest absolute Gasteiger partial charge is 0.497 e. The highest BCUT2D eigenvalue weighted by atomic mass is 32.1. The predicted molar refractivity (Wildman–Crippen MR) is 88.0 cm³/mol. The molecule has 0 unspecified atom stereocenters. The van der Waals surface area contributed by atoms with Gasteiger partial charge in [0.2, 0.25) is 0 Å². The summed E-state index contributed by atoms with van der Waals surface area (Å²) >= 11 is 1.78. The summed E-state index contributed by atoms with van der Waals surface area (Å²) in [5.41, 5.74) is 2.34. The molecule has 0 fully saturated rings. The van der Waals surface area contributed by atoms with Gasteiger partial charge in [-0.15, -0.1) is 11.3 Å². The predicted octanol–water partition coefficient (Wildman–Crippen LogP) is 3.64. The number of benzene rings is 2. The summed E-state index contributed by atoms with van der Waals surface area (Å²) in [6.07, 6.45) is 0.962. The molecule has 1 aromatic heterocycles. The van der Waals surface area contributed by atoms with Gasteiger partial charge in [0.15, 0.2) is 0 Å². The maximum atomic E-state index is 5.23. The van der Waals surface area contributed by atoms with Gasteiger partial charge >= 0.3 is 0 Å². The quantitative estimate of drug-likeness (QED) is 0.706. The minimum Gasteiger partial charge on any atom is -0.497 e. The van der Waals surface area contributed by atoms with E-state index in [-0.39, 0.29) is 0 Å². The lowest BCUT2D eigenvalue weighted by Crippen LogP contribution is -2.16. The minimum absolute atomic E-state index is 0.849. The molecule has 0 amide bonds. The van der Waals surface area contributed by atoms with E-state index in [1.807, 2.05) is 18.2 Å². The van der Waals surface area contributed by atoms with E-state index in [1.165, 1.54) is 15.3 Å². The normalized spacial score (nSPS) is 10.9. The second-order valence-corrected chi connectivity index (χ2v) is 5.97. The van der Waals surface area contributed by atoms with Crippen molar-refractivity contribution in [1.82, 2.24) is 10.3 Å². The first-order valence-electron chi connectivity index (χ1n) is 7.03. The number of hydrogen-bond donors (Lipinski definition) is 1. The van der Waals surface area contributed by atoms with Gasteiger partial charge in [-0.2, -0.15) is 0 Å². The Morgan fingerprint density at radius 3 is 2.90 bits per heavy atom. The van der Waals surface area contributed by atoms with Crippen LogP contribution in [-0.4, -0.2) is 18.6 Å². The smallest absolute Gasteiger partial charge is 0.119 e. The molecule has 0 saturated heterocycles.